The highest BCUT2D eigenvalue weighted by molar-refractivity contribution is 5.74. The van der Waals surface area contributed by atoms with Gasteiger partial charge in [-0.25, -0.2) is 4.79 Å². The first-order valence-corrected chi connectivity index (χ1v) is 8.97. The molecule has 2 amide bonds. The fraction of sp³-hybridized carbons (Fsp3) is 0.632. The molecule has 0 bridgehead atoms. The minimum atomic E-state index is -0.835. The van der Waals surface area contributed by atoms with Crippen LogP contribution in [0.1, 0.15) is 18.4 Å². The molecule has 7 heteroatoms. The normalized spacial score (nSPS) is 20.2. The Morgan fingerprint density at radius 3 is 2.77 bits per heavy atom. The third kappa shape index (κ3) is 5.51. The zero-order valence-corrected chi connectivity index (χ0v) is 16.2. The Morgan fingerprint density at radius 2 is 2.12 bits per heavy atom. The molecule has 0 radical (unpaired) electrons. The maximum Gasteiger partial charge on any atom is 0.317 e. The molecule has 7 nitrogen and oxygen atoms in total. The number of benzene rings is 1. The minimum absolute atomic E-state index is 0.130. The number of likely N-dealkylation sites (tertiary alicyclic amines) is 1. The van der Waals surface area contributed by atoms with Gasteiger partial charge in [-0.3, -0.25) is 0 Å². The molecule has 1 fully saturated rings. The van der Waals surface area contributed by atoms with E-state index in [9.17, 15) is 9.90 Å². The van der Waals surface area contributed by atoms with Gasteiger partial charge in [0, 0.05) is 25.7 Å². The van der Waals surface area contributed by atoms with Gasteiger partial charge < -0.3 is 29.7 Å². The van der Waals surface area contributed by atoms with Crippen molar-refractivity contribution >= 4 is 6.03 Å². The Morgan fingerprint density at radius 1 is 1.35 bits per heavy atom. The van der Waals surface area contributed by atoms with Crippen LogP contribution in [0.3, 0.4) is 0 Å². The SMILES string of the molecule is COc1ccc(CCNC(=O)N2CCCC(O)(CN(C)C)C2)c(OC)c1. The number of piperidine rings is 1. The van der Waals surface area contributed by atoms with Crippen molar-refractivity contribution in [1.29, 1.82) is 0 Å². The summed E-state index contributed by atoms with van der Waals surface area (Å²) in [6, 6.07) is 5.53. The van der Waals surface area contributed by atoms with Crippen molar-refractivity contribution in [2.45, 2.75) is 24.9 Å². The molecule has 2 N–H and O–H groups in total. The number of urea groups is 1. The molecule has 0 aromatic heterocycles. The van der Waals surface area contributed by atoms with Gasteiger partial charge in [-0.1, -0.05) is 6.07 Å². The lowest BCUT2D eigenvalue weighted by Crippen LogP contribution is -2.56. The number of carbonyl (C=O) groups excluding carboxylic acids is 1. The van der Waals surface area contributed by atoms with E-state index in [1.165, 1.54) is 0 Å². The maximum absolute atomic E-state index is 12.5. The van der Waals surface area contributed by atoms with E-state index in [1.54, 1.807) is 19.1 Å². The first-order chi connectivity index (χ1) is 12.4. The van der Waals surface area contributed by atoms with Crippen LogP contribution in [0.25, 0.3) is 0 Å². The standard InChI is InChI=1S/C19H31N3O4/c1-21(2)13-19(24)9-5-11-22(14-19)18(23)20-10-8-15-6-7-16(25-3)12-17(15)26-4/h6-7,12,24H,5,8-11,13-14H2,1-4H3,(H,20,23). The highest BCUT2D eigenvalue weighted by Crippen LogP contribution is 2.25. The largest absolute Gasteiger partial charge is 0.497 e. The summed E-state index contributed by atoms with van der Waals surface area (Å²) in [5, 5.41) is 13.6. The zero-order chi connectivity index (χ0) is 19.2. The van der Waals surface area contributed by atoms with Crippen molar-refractivity contribution in [2.75, 3.05) is 54.5 Å². The smallest absolute Gasteiger partial charge is 0.317 e. The third-order valence-corrected chi connectivity index (χ3v) is 4.62. The monoisotopic (exact) mass is 365 g/mol. The van der Waals surface area contributed by atoms with Gasteiger partial charge in [0.25, 0.3) is 0 Å². The van der Waals surface area contributed by atoms with E-state index in [-0.39, 0.29) is 6.03 Å². The molecule has 0 spiro atoms. The molecule has 1 aliphatic heterocycles. The molecule has 1 aliphatic rings. The fourth-order valence-corrected chi connectivity index (χ4v) is 3.48. The Balaban J connectivity index is 1.87. The van der Waals surface area contributed by atoms with Crippen molar-refractivity contribution in [3.63, 3.8) is 0 Å². The van der Waals surface area contributed by atoms with Gasteiger partial charge in [-0.2, -0.15) is 0 Å². The van der Waals surface area contributed by atoms with Crippen molar-refractivity contribution in [1.82, 2.24) is 15.1 Å². The molecule has 0 aliphatic carbocycles. The van der Waals surface area contributed by atoms with Crippen LogP contribution in [-0.2, 0) is 6.42 Å². The summed E-state index contributed by atoms with van der Waals surface area (Å²) in [6.45, 7) is 2.10. The first-order valence-electron chi connectivity index (χ1n) is 8.97. The number of methoxy groups -OCH3 is 2. The summed E-state index contributed by atoms with van der Waals surface area (Å²) in [7, 11) is 7.10. The highest BCUT2D eigenvalue weighted by atomic mass is 16.5. The van der Waals surface area contributed by atoms with E-state index in [1.807, 2.05) is 37.2 Å². The second-order valence-electron chi connectivity index (χ2n) is 7.15. The molecular formula is C19H31N3O4. The molecule has 1 aromatic carbocycles. The number of nitrogens with one attached hydrogen (secondary N) is 1. The summed E-state index contributed by atoms with van der Waals surface area (Å²) in [5.74, 6) is 1.49. The van der Waals surface area contributed by atoms with Gasteiger partial charge in [0.15, 0.2) is 0 Å². The number of carbonyl (C=O) groups is 1. The van der Waals surface area contributed by atoms with Crippen LogP contribution in [0.15, 0.2) is 18.2 Å². The van der Waals surface area contributed by atoms with Crippen LogP contribution in [0.5, 0.6) is 11.5 Å². The van der Waals surface area contributed by atoms with E-state index >= 15 is 0 Å². The predicted molar refractivity (Wildman–Crippen MR) is 101 cm³/mol. The number of likely N-dealkylation sites (N-methyl/N-ethyl adjacent to an activating group) is 1. The van der Waals surface area contributed by atoms with E-state index in [0.29, 0.717) is 32.6 Å². The number of aliphatic hydroxyl groups is 1. The molecular weight excluding hydrogens is 334 g/mol. The fourth-order valence-electron chi connectivity index (χ4n) is 3.48. The van der Waals surface area contributed by atoms with E-state index < -0.39 is 5.60 Å². The van der Waals surface area contributed by atoms with Crippen molar-refractivity contribution < 1.29 is 19.4 Å². The number of nitrogens with zero attached hydrogens (tertiary/aromatic N) is 2. The third-order valence-electron chi connectivity index (χ3n) is 4.62. The summed E-state index contributed by atoms with van der Waals surface area (Å²) >= 11 is 0. The molecule has 1 unspecified atom stereocenters. The maximum atomic E-state index is 12.5. The molecule has 1 aromatic rings. The van der Waals surface area contributed by atoms with Gasteiger partial charge in [0.2, 0.25) is 0 Å². The quantitative estimate of drug-likeness (QED) is 0.763. The minimum Gasteiger partial charge on any atom is -0.497 e. The van der Waals surface area contributed by atoms with Gasteiger partial charge in [-0.15, -0.1) is 0 Å². The molecule has 146 valence electrons. The van der Waals surface area contributed by atoms with Crippen molar-refractivity contribution in [2.24, 2.45) is 0 Å². The summed E-state index contributed by atoms with van der Waals surface area (Å²) in [4.78, 5) is 16.1. The number of amides is 2. The lowest BCUT2D eigenvalue weighted by molar-refractivity contribution is -0.0346. The van der Waals surface area contributed by atoms with E-state index in [0.717, 1.165) is 29.9 Å². The van der Waals surface area contributed by atoms with Gasteiger partial charge in [-0.05, 0) is 45.0 Å². The average molecular weight is 365 g/mol. The first kappa shape index (κ1) is 20.3. The number of hydrogen-bond donors (Lipinski definition) is 2. The van der Waals surface area contributed by atoms with E-state index in [2.05, 4.69) is 5.32 Å². The number of hydrogen-bond acceptors (Lipinski definition) is 5. The number of ether oxygens (including phenoxy) is 2. The topological polar surface area (TPSA) is 74.3 Å². The highest BCUT2D eigenvalue weighted by Gasteiger charge is 2.35. The molecule has 1 atom stereocenters. The number of rotatable bonds is 7. The summed E-state index contributed by atoms with van der Waals surface area (Å²) < 4.78 is 10.6. The lowest BCUT2D eigenvalue weighted by Gasteiger charge is -2.40. The van der Waals surface area contributed by atoms with Crippen molar-refractivity contribution in [3.05, 3.63) is 23.8 Å². The zero-order valence-electron chi connectivity index (χ0n) is 16.2. The van der Waals surface area contributed by atoms with Crippen LogP contribution in [0.4, 0.5) is 4.79 Å². The Bertz CT molecular complexity index is 608. The van der Waals surface area contributed by atoms with Gasteiger partial charge in [0.1, 0.15) is 11.5 Å². The molecule has 26 heavy (non-hydrogen) atoms. The Kier molecular flexibility index (Phi) is 7.11. The van der Waals surface area contributed by atoms with Crippen LogP contribution in [0.2, 0.25) is 0 Å². The number of β-amino-alcohol motifs (C(OH)–C–C–N with tert-alkyl or cyclic N) is 1. The van der Waals surface area contributed by atoms with Crippen LogP contribution < -0.4 is 14.8 Å². The average Bonchev–Trinajstić information content (AvgIpc) is 2.60. The summed E-state index contributed by atoms with van der Waals surface area (Å²) in [6.07, 6.45) is 2.19. The Hall–Kier alpha value is -1.99. The second kappa shape index (κ2) is 9.09. The second-order valence-corrected chi connectivity index (χ2v) is 7.15. The molecule has 0 saturated carbocycles. The van der Waals surface area contributed by atoms with Crippen molar-refractivity contribution in [3.8, 4) is 11.5 Å². The molecule has 2 rings (SSSR count). The van der Waals surface area contributed by atoms with Crippen LogP contribution in [-0.4, -0.2) is 81.0 Å². The van der Waals surface area contributed by atoms with Crippen LogP contribution in [0, 0.1) is 0 Å². The van der Waals surface area contributed by atoms with Crippen LogP contribution >= 0.6 is 0 Å². The van der Waals surface area contributed by atoms with Gasteiger partial charge >= 0.3 is 6.03 Å². The molecule has 1 heterocycles. The summed E-state index contributed by atoms with van der Waals surface area (Å²) in [5.41, 5.74) is 0.175. The van der Waals surface area contributed by atoms with E-state index in [4.69, 9.17) is 9.47 Å². The lowest BCUT2D eigenvalue weighted by atomic mass is 9.92. The molecule has 1 saturated heterocycles. The van der Waals surface area contributed by atoms with Gasteiger partial charge in [0.05, 0.1) is 26.4 Å². The Labute approximate surface area is 155 Å². The predicted octanol–water partition coefficient (Wildman–Crippen LogP) is 1.34.